The summed E-state index contributed by atoms with van der Waals surface area (Å²) in [5, 5.41) is 1.08. The summed E-state index contributed by atoms with van der Waals surface area (Å²) < 4.78 is 0.994. The van der Waals surface area contributed by atoms with Gasteiger partial charge in [0.2, 0.25) is 0 Å². The molecule has 65 valence electrons. The number of aromatic nitrogens is 2. The van der Waals surface area contributed by atoms with Gasteiger partial charge in [-0.2, -0.15) is 0 Å². The number of rotatable bonds is 0. The van der Waals surface area contributed by atoms with Crippen molar-refractivity contribution in [1.29, 1.82) is 0 Å². The molecule has 2 aromatic heterocycles. The first-order chi connectivity index (χ1) is 5.86. The number of fused-ring (bicyclic) bond motifs is 1. The molecule has 0 N–H and O–H groups in total. The van der Waals surface area contributed by atoms with E-state index in [1.54, 1.807) is 12.4 Å². The molecule has 0 aliphatic carbocycles. The van der Waals surface area contributed by atoms with Gasteiger partial charge in [0.1, 0.15) is 0 Å². The molecule has 0 aromatic carbocycles. The Morgan fingerprint density at radius 2 is 2.25 bits per heavy atom. The second-order valence-corrected chi connectivity index (χ2v) is 2.93. The fourth-order valence-electron chi connectivity index (χ4n) is 0.866. The predicted molar refractivity (Wildman–Crippen MR) is 56.8 cm³/mol. The van der Waals surface area contributed by atoms with Gasteiger partial charge in [-0.15, -0.1) is 0 Å². The van der Waals surface area contributed by atoms with Crippen LogP contribution in [0.25, 0.3) is 11.0 Å². The van der Waals surface area contributed by atoms with Crippen LogP contribution in [0, 0.1) is 0 Å². The van der Waals surface area contributed by atoms with E-state index in [1.165, 1.54) is 0 Å². The van der Waals surface area contributed by atoms with E-state index in [0.29, 0.717) is 0 Å². The number of hydrogen-bond donors (Lipinski definition) is 0. The van der Waals surface area contributed by atoms with Crippen LogP contribution in [0.4, 0.5) is 0 Å². The Bertz CT molecular complexity index is 363. The first-order valence-electron chi connectivity index (χ1n) is 3.02. The molecule has 2 aromatic rings. The van der Waals surface area contributed by atoms with Crippen molar-refractivity contribution in [2.45, 2.75) is 0 Å². The standard InChI is InChI=1S/C7H4BrN2.HI.Os/c8-6-3-5-1-2-9-7(5)10-4-6;;/h1-4H;1H;/q-1;;+1/p-1. The summed E-state index contributed by atoms with van der Waals surface area (Å²) >= 11 is 7.34. The molecule has 0 aliphatic rings. The fraction of sp³-hybridized carbons (Fsp3) is 0. The van der Waals surface area contributed by atoms with Crippen molar-refractivity contribution in [2.75, 3.05) is 0 Å². The minimum atomic E-state index is 0.809. The molecule has 2 heterocycles. The number of hydrogen-bond acceptors (Lipinski definition) is 1. The Balaban J connectivity index is 0.000000336. The minimum absolute atomic E-state index is 0.809. The molecule has 0 radical (unpaired) electrons. The Morgan fingerprint density at radius 3 is 3.00 bits per heavy atom. The van der Waals surface area contributed by atoms with Gasteiger partial charge in [0, 0.05) is 4.47 Å². The normalized spacial score (nSPS) is 9.25. The van der Waals surface area contributed by atoms with E-state index < -0.39 is 0 Å². The average Bonchev–Trinajstić information content (AvgIpc) is 2.54. The van der Waals surface area contributed by atoms with E-state index in [-0.39, 0.29) is 0 Å². The number of halogens is 2. The van der Waals surface area contributed by atoms with Gasteiger partial charge in [-0.25, -0.2) is 0 Å². The molecule has 0 fully saturated rings. The second kappa shape index (κ2) is 5.31. The van der Waals surface area contributed by atoms with Crippen LogP contribution in [0.2, 0.25) is 0 Å². The van der Waals surface area contributed by atoms with Crippen molar-refractivity contribution in [3.63, 3.8) is 0 Å². The molecule has 0 unspecified atom stereocenters. The third-order valence-corrected chi connectivity index (χ3v) is 1.75. The van der Waals surface area contributed by atoms with Crippen molar-refractivity contribution in [2.24, 2.45) is 0 Å². The molecule has 0 atom stereocenters. The van der Waals surface area contributed by atoms with Gasteiger partial charge >= 0.3 is 34.7 Å². The average molecular weight is 513 g/mol. The molecular formula is C7H4BrIN2Os-. The van der Waals surface area contributed by atoms with Gasteiger partial charge in [-0.05, 0) is 11.5 Å². The van der Waals surface area contributed by atoms with Crippen molar-refractivity contribution in [3.05, 3.63) is 29.0 Å². The SMILES string of the molecule is Brc1cnc2[n-]ccc2c1.[I][Os]. The molecule has 0 amide bonds. The van der Waals surface area contributed by atoms with Gasteiger partial charge in [0.25, 0.3) is 0 Å². The van der Waals surface area contributed by atoms with E-state index in [1.807, 2.05) is 27.2 Å². The zero-order valence-corrected chi connectivity index (χ0v) is 12.1. The second-order valence-electron chi connectivity index (χ2n) is 2.01. The Hall–Kier alpha value is 0.536. The summed E-state index contributed by atoms with van der Waals surface area (Å²) in [6.07, 6.45) is 3.50. The quantitative estimate of drug-likeness (QED) is 0.508. The van der Waals surface area contributed by atoms with E-state index in [0.717, 1.165) is 15.5 Å². The number of pyridine rings is 1. The Morgan fingerprint density at radius 1 is 1.50 bits per heavy atom. The monoisotopic (exact) mass is 514 g/mol. The summed E-state index contributed by atoms with van der Waals surface area (Å²) in [5.74, 6) is 0. The maximum absolute atomic E-state index is 4.08. The van der Waals surface area contributed by atoms with Crippen LogP contribution in [0.5, 0.6) is 0 Å². The Labute approximate surface area is 99.7 Å². The Kier molecular flexibility index (Phi) is 4.69. The zero-order valence-electron chi connectivity index (χ0n) is 5.81. The molecule has 0 saturated heterocycles. The van der Waals surface area contributed by atoms with Gasteiger partial charge in [0.05, 0.1) is 0 Å². The first kappa shape index (κ1) is 10.6. The van der Waals surface area contributed by atoms with Crippen LogP contribution in [0.1, 0.15) is 0 Å². The maximum atomic E-state index is 4.08. The van der Waals surface area contributed by atoms with Gasteiger partial charge < -0.3 is 9.97 Å². The topological polar surface area (TPSA) is 27.0 Å². The van der Waals surface area contributed by atoms with Gasteiger partial charge in [0.15, 0.2) is 0 Å². The molecule has 0 bridgehead atoms. The fourth-order valence-corrected chi connectivity index (χ4v) is 1.22. The van der Waals surface area contributed by atoms with Crippen LogP contribution in [-0.2, 0) is 15.1 Å². The molecule has 2 rings (SSSR count). The molecular weight excluding hydrogens is 509 g/mol. The van der Waals surface area contributed by atoms with Crippen LogP contribution in [-0.4, -0.2) is 4.98 Å². The summed E-state index contributed by atoms with van der Waals surface area (Å²) in [6, 6.07) is 3.93. The summed E-state index contributed by atoms with van der Waals surface area (Å²) in [5.41, 5.74) is 0.809. The zero-order chi connectivity index (χ0) is 8.97. The third kappa shape index (κ3) is 2.51. The van der Waals surface area contributed by atoms with Crippen molar-refractivity contribution < 1.29 is 15.1 Å². The summed E-state index contributed by atoms with van der Waals surface area (Å²) in [7, 11) is 0. The van der Waals surface area contributed by atoms with Crippen LogP contribution in [0.3, 0.4) is 0 Å². The van der Waals surface area contributed by atoms with Crippen molar-refractivity contribution in [3.8, 4) is 0 Å². The van der Waals surface area contributed by atoms with Gasteiger partial charge in [-0.3, -0.25) is 0 Å². The van der Waals surface area contributed by atoms with Crippen LogP contribution < -0.4 is 4.98 Å². The van der Waals surface area contributed by atoms with E-state index >= 15 is 0 Å². The molecule has 2 nitrogen and oxygen atoms in total. The van der Waals surface area contributed by atoms with Crippen LogP contribution in [0.15, 0.2) is 29.0 Å². The summed E-state index contributed by atoms with van der Waals surface area (Å²) in [4.78, 5) is 8.11. The molecule has 0 aliphatic heterocycles. The van der Waals surface area contributed by atoms with E-state index in [9.17, 15) is 0 Å². The predicted octanol–water partition coefficient (Wildman–Crippen LogP) is 2.84. The van der Waals surface area contributed by atoms with Crippen molar-refractivity contribution >= 4 is 46.6 Å². The molecule has 5 heteroatoms. The third-order valence-electron chi connectivity index (χ3n) is 1.31. The van der Waals surface area contributed by atoms with E-state index in [4.69, 9.17) is 0 Å². The summed E-state index contributed by atoms with van der Waals surface area (Å²) in [6.45, 7) is 0. The molecule has 12 heavy (non-hydrogen) atoms. The molecule has 0 spiro atoms. The van der Waals surface area contributed by atoms with Crippen molar-refractivity contribution in [1.82, 2.24) is 9.97 Å². The van der Waals surface area contributed by atoms with Crippen LogP contribution >= 0.6 is 35.6 Å². The van der Waals surface area contributed by atoms with E-state index in [2.05, 4.69) is 45.6 Å². The number of nitrogens with zero attached hydrogens (tertiary/aromatic N) is 2. The van der Waals surface area contributed by atoms with Gasteiger partial charge in [-0.1, -0.05) is 40.0 Å². The first-order valence-corrected chi connectivity index (χ1v) is 11.0. The molecule has 0 saturated carbocycles.